The summed E-state index contributed by atoms with van der Waals surface area (Å²) in [6.07, 6.45) is 6.75. The molecule has 1 aromatic carbocycles. The Labute approximate surface area is 195 Å². The summed E-state index contributed by atoms with van der Waals surface area (Å²) in [7, 11) is 1.36. The van der Waals surface area contributed by atoms with Crippen LogP contribution in [0.5, 0.6) is 5.75 Å². The first-order chi connectivity index (χ1) is 16.5. The minimum atomic E-state index is -0.612. The Hall–Kier alpha value is -3.89. The van der Waals surface area contributed by atoms with Crippen molar-refractivity contribution in [1.29, 1.82) is 0 Å². The van der Waals surface area contributed by atoms with Gasteiger partial charge in [-0.3, -0.25) is 14.6 Å². The van der Waals surface area contributed by atoms with E-state index in [0.29, 0.717) is 49.8 Å². The van der Waals surface area contributed by atoms with Crippen molar-refractivity contribution in [3.63, 3.8) is 0 Å². The number of rotatable bonds is 4. The largest absolute Gasteiger partial charge is 0.494 e. The van der Waals surface area contributed by atoms with Crippen LogP contribution in [0.1, 0.15) is 47.8 Å². The summed E-state index contributed by atoms with van der Waals surface area (Å²) >= 11 is 0. The van der Waals surface area contributed by atoms with Gasteiger partial charge in [-0.2, -0.15) is 4.98 Å². The number of methoxy groups -OCH3 is 1. The van der Waals surface area contributed by atoms with Crippen molar-refractivity contribution in [3.05, 3.63) is 54.1 Å². The molecule has 2 amide bonds. The van der Waals surface area contributed by atoms with Gasteiger partial charge in [-0.05, 0) is 37.5 Å². The van der Waals surface area contributed by atoms with Gasteiger partial charge in [0.15, 0.2) is 11.6 Å². The van der Waals surface area contributed by atoms with Crippen molar-refractivity contribution in [2.45, 2.75) is 31.6 Å². The number of carbonyl (C=O) groups excluding carboxylic acids is 2. The number of hydrogen-bond donors (Lipinski definition) is 1. The lowest BCUT2D eigenvalue weighted by Crippen LogP contribution is -2.35. The molecule has 4 rings (SSSR count). The standard InChI is InChI=1S/C23H25FN6O4/c1-33-19-5-4-16(13-17(19)24)23(32)30-11-2-3-15(6-8-27-20(31)7-12-30)22-28-21(29-34-22)18-14-25-9-10-26-18/h4-5,9-10,13-15H,2-3,6-8,11-12H2,1H3,(H,27,31). The highest BCUT2D eigenvalue weighted by molar-refractivity contribution is 5.94. The first kappa shape index (κ1) is 23.3. The number of nitrogens with zero attached hydrogens (tertiary/aromatic N) is 5. The van der Waals surface area contributed by atoms with Gasteiger partial charge in [-0.25, -0.2) is 9.37 Å². The van der Waals surface area contributed by atoms with Gasteiger partial charge in [0.2, 0.25) is 17.6 Å². The first-order valence-corrected chi connectivity index (χ1v) is 11.0. The highest BCUT2D eigenvalue weighted by Crippen LogP contribution is 2.26. The third-order valence-electron chi connectivity index (χ3n) is 5.67. The molecule has 0 spiro atoms. The summed E-state index contributed by atoms with van der Waals surface area (Å²) in [6, 6.07) is 4.09. The third kappa shape index (κ3) is 5.53. The highest BCUT2D eigenvalue weighted by atomic mass is 19.1. The van der Waals surface area contributed by atoms with E-state index in [4.69, 9.17) is 9.26 Å². The Morgan fingerprint density at radius 3 is 2.91 bits per heavy atom. The zero-order chi connectivity index (χ0) is 23.9. The molecule has 10 nitrogen and oxygen atoms in total. The van der Waals surface area contributed by atoms with Crippen LogP contribution in [-0.4, -0.2) is 63.6 Å². The first-order valence-electron chi connectivity index (χ1n) is 11.0. The summed E-state index contributed by atoms with van der Waals surface area (Å²) in [6.45, 7) is 1.09. The smallest absolute Gasteiger partial charge is 0.253 e. The van der Waals surface area contributed by atoms with E-state index in [1.54, 1.807) is 23.5 Å². The lowest BCUT2D eigenvalue weighted by molar-refractivity contribution is -0.121. The maximum Gasteiger partial charge on any atom is 0.253 e. The van der Waals surface area contributed by atoms with Crippen LogP contribution >= 0.6 is 0 Å². The Kier molecular flexibility index (Phi) is 7.41. The monoisotopic (exact) mass is 468 g/mol. The second-order valence-corrected chi connectivity index (χ2v) is 7.92. The molecule has 1 aliphatic heterocycles. The molecule has 1 fully saturated rings. The van der Waals surface area contributed by atoms with Crippen LogP contribution in [0.15, 0.2) is 41.3 Å². The third-order valence-corrected chi connectivity index (χ3v) is 5.67. The fraction of sp³-hybridized carbons (Fsp3) is 0.391. The zero-order valence-electron chi connectivity index (χ0n) is 18.7. The molecule has 1 saturated heterocycles. The molecule has 1 unspecified atom stereocenters. The number of aromatic nitrogens is 4. The Morgan fingerprint density at radius 1 is 1.26 bits per heavy atom. The number of nitrogens with one attached hydrogen (secondary N) is 1. The SMILES string of the molecule is COc1ccc(C(=O)N2CCCC(c3nc(-c4cnccn4)no3)CCNC(=O)CC2)cc1F. The van der Waals surface area contributed by atoms with Gasteiger partial charge in [-0.15, -0.1) is 0 Å². The van der Waals surface area contributed by atoms with Crippen molar-refractivity contribution >= 4 is 11.8 Å². The summed E-state index contributed by atoms with van der Waals surface area (Å²) in [4.78, 5) is 39.6. The number of ether oxygens (including phenoxy) is 1. The Balaban J connectivity index is 1.48. The topological polar surface area (TPSA) is 123 Å². The molecule has 2 aromatic heterocycles. The van der Waals surface area contributed by atoms with E-state index >= 15 is 0 Å². The van der Waals surface area contributed by atoms with E-state index in [2.05, 4.69) is 25.4 Å². The van der Waals surface area contributed by atoms with Gasteiger partial charge in [0.25, 0.3) is 5.91 Å². The van der Waals surface area contributed by atoms with E-state index in [9.17, 15) is 14.0 Å². The Bertz CT molecular complexity index is 1140. The highest BCUT2D eigenvalue weighted by Gasteiger charge is 2.24. The van der Waals surface area contributed by atoms with Gasteiger partial charge in [0.1, 0.15) is 5.69 Å². The van der Waals surface area contributed by atoms with Crippen LogP contribution in [0.3, 0.4) is 0 Å². The molecule has 34 heavy (non-hydrogen) atoms. The van der Waals surface area contributed by atoms with Crippen molar-refractivity contribution in [2.24, 2.45) is 0 Å². The van der Waals surface area contributed by atoms with E-state index in [1.807, 2.05) is 0 Å². The second-order valence-electron chi connectivity index (χ2n) is 7.92. The number of carbonyl (C=O) groups is 2. The number of amides is 2. The summed E-state index contributed by atoms with van der Waals surface area (Å²) in [5.74, 6) is -0.357. The van der Waals surface area contributed by atoms with Gasteiger partial charge in [-0.1, -0.05) is 5.16 Å². The maximum atomic E-state index is 14.1. The quantitative estimate of drug-likeness (QED) is 0.620. The normalized spacial score (nSPS) is 17.5. The maximum absolute atomic E-state index is 14.1. The molecule has 1 aliphatic rings. The molecule has 3 aromatic rings. The van der Waals surface area contributed by atoms with Gasteiger partial charge in [0.05, 0.1) is 13.3 Å². The van der Waals surface area contributed by atoms with Crippen molar-refractivity contribution in [1.82, 2.24) is 30.3 Å². The lowest BCUT2D eigenvalue weighted by Gasteiger charge is -2.23. The number of benzene rings is 1. The summed E-state index contributed by atoms with van der Waals surface area (Å²) in [5.41, 5.74) is 0.710. The van der Waals surface area contributed by atoms with Gasteiger partial charge < -0.3 is 19.5 Å². The predicted octanol–water partition coefficient (Wildman–Crippen LogP) is 2.59. The van der Waals surface area contributed by atoms with Crippen LogP contribution in [-0.2, 0) is 4.79 Å². The van der Waals surface area contributed by atoms with Crippen LogP contribution in [0.4, 0.5) is 4.39 Å². The van der Waals surface area contributed by atoms with Crippen LogP contribution in [0, 0.1) is 5.82 Å². The minimum absolute atomic E-state index is 0.0663. The van der Waals surface area contributed by atoms with Crippen LogP contribution < -0.4 is 10.1 Å². The molecule has 178 valence electrons. The molecule has 1 atom stereocenters. The molecule has 11 heteroatoms. The Morgan fingerprint density at radius 2 is 2.15 bits per heavy atom. The molecule has 0 aliphatic carbocycles. The minimum Gasteiger partial charge on any atom is -0.494 e. The van der Waals surface area contributed by atoms with Crippen molar-refractivity contribution in [3.8, 4) is 17.3 Å². The van der Waals surface area contributed by atoms with E-state index in [0.717, 1.165) is 6.07 Å². The molecule has 0 bridgehead atoms. The fourth-order valence-electron chi connectivity index (χ4n) is 3.85. The summed E-state index contributed by atoms with van der Waals surface area (Å²) in [5, 5.41) is 6.89. The van der Waals surface area contributed by atoms with Crippen molar-refractivity contribution < 1.29 is 23.2 Å². The van der Waals surface area contributed by atoms with E-state index < -0.39 is 5.82 Å². The lowest BCUT2D eigenvalue weighted by atomic mass is 9.99. The van der Waals surface area contributed by atoms with E-state index in [-0.39, 0.29) is 42.0 Å². The van der Waals surface area contributed by atoms with Crippen LogP contribution in [0.2, 0.25) is 0 Å². The van der Waals surface area contributed by atoms with Crippen LogP contribution in [0.25, 0.3) is 11.5 Å². The average molecular weight is 468 g/mol. The molecule has 1 N–H and O–H groups in total. The second kappa shape index (κ2) is 10.8. The van der Waals surface area contributed by atoms with Gasteiger partial charge in [0, 0.05) is 49.9 Å². The molecular formula is C23H25FN6O4. The summed E-state index contributed by atoms with van der Waals surface area (Å²) < 4.78 is 24.5. The average Bonchev–Trinajstić information content (AvgIpc) is 3.33. The molecule has 0 radical (unpaired) electrons. The molecular weight excluding hydrogens is 443 g/mol. The number of hydrogen-bond acceptors (Lipinski definition) is 8. The molecule has 3 heterocycles. The fourth-order valence-corrected chi connectivity index (χ4v) is 3.85. The van der Waals surface area contributed by atoms with Crippen molar-refractivity contribution in [2.75, 3.05) is 26.7 Å². The van der Waals surface area contributed by atoms with Gasteiger partial charge >= 0.3 is 0 Å². The predicted molar refractivity (Wildman–Crippen MR) is 118 cm³/mol. The number of halogens is 1. The molecule has 0 saturated carbocycles. The zero-order valence-corrected chi connectivity index (χ0v) is 18.7. The van der Waals surface area contributed by atoms with E-state index in [1.165, 1.54) is 19.2 Å².